The minimum absolute atomic E-state index is 0.717. The van der Waals surface area contributed by atoms with Crippen LogP contribution in [0.3, 0.4) is 0 Å². The highest BCUT2D eigenvalue weighted by Gasteiger charge is 2.06. The summed E-state index contributed by atoms with van der Waals surface area (Å²) in [5.74, 6) is 1.21. The molecule has 0 fully saturated rings. The first kappa shape index (κ1) is 10.1. The first-order chi connectivity index (χ1) is 6.38. The highest BCUT2D eigenvalue weighted by molar-refractivity contribution is 5.72. The second-order valence-corrected chi connectivity index (χ2v) is 3.15. The third-order valence-corrected chi connectivity index (χ3v) is 2.19. The van der Waals surface area contributed by atoms with Gasteiger partial charge in [0.1, 0.15) is 12.5 Å². The number of nitrogens with zero attached hydrogens (tertiary/aromatic N) is 2. The Balaban J connectivity index is 2.44. The van der Waals surface area contributed by atoms with E-state index in [1.807, 2.05) is 12.3 Å². The molecule has 1 rings (SSSR count). The van der Waals surface area contributed by atoms with Crippen molar-refractivity contribution in [3.63, 3.8) is 0 Å². The number of rotatable bonds is 5. The molecule has 1 aliphatic heterocycles. The topological polar surface area (TPSA) is 27.6 Å². The lowest BCUT2D eigenvalue weighted by Crippen LogP contribution is -2.34. The molecular weight excluding hydrogens is 162 g/mol. The Hall–Kier alpha value is -0.990. The van der Waals surface area contributed by atoms with Crippen LogP contribution < -0.4 is 5.32 Å². The van der Waals surface area contributed by atoms with E-state index < -0.39 is 0 Å². The lowest BCUT2D eigenvalue weighted by Gasteiger charge is -2.27. The van der Waals surface area contributed by atoms with Gasteiger partial charge in [0.2, 0.25) is 0 Å². The van der Waals surface area contributed by atoms with Crippen LogP contribution in [0.4, 0.5) is 0 Å². The lowest BCUT2D eigenvalue weighted by molar-refractivity contribution is 0.329. The molecule has 0 bridgehead atoms. The Morgan fingerprint density at radius 1 is 1.54 bits per heavy atom. The van der Waals surface area contributed by atoms with E-state index in [-0.39, 0.29) is 0 Å². The van der Waals surface area contributed by atoms with Gasteiger partial charge in [0.05, 0.1) is 0 Å². The van der Waals surface area contributed by atoms with Crippen molar-refractivity contribution in [2.75, 3.05) is 19.8 Å². The summed E-state index contributed by atoms with van der Waals surface area (Å²) in [6.07, 6.45) is 6.42. The maximum absolute atomic E-state index is 4.09. The molecule has 13 heavy (non-hydrogen) atoms. The van der Waals surface area contributed by atoms with E-state index >= 15 is 0 Å². The standard InChI is InChI=1S/C10H19N3/c1-3-5-8-13(4-2)10-6-7-11-9-12-10/h6-7,12H,3-5,8-9H2,1-2H3. The molecule has 0 aliphatic carbocycles. The van der Waals surface area contributed by atoms with E-state index in [9.17, 15) is 0 Å². The molecule has 1 heterocycles. The van der Waals surface area contributed by atoms with Gasteiger partial charge in [-0.25, -0.2) is 0 Å². The minimum Gasteiger partial charge on any atom is -0.359 e. The fourth-order valence-electron chi connectivity index (χ4n) is 1.38. The van der Waals surface area contributed by atoms with Crippen molar-refractivity contribution in [3.05, 3.63) is 11.9 Å². The zero-order chi connectivity index (χ0) is 9.52. The number of hydrogen-bond donors (Lipinski definition) is 1. The molecule has 74 valence electrons. The molecule has 0 amide bonds. The second kappa shape index (κ2) is 5.62. The summed E-state index contributed by atoms with van der Waals surface area (Å²) in [5.41, 5.74) is 0. The molecule has 0 unspecified atom stereocenters. The third kappa shape index (κ3) is 3.09. The van der Waals surface area contributed by atoms with E-state index in [0.29, 0.717) is 6.67 Å². The summed E-state index contributed by atoms with van der Waals surface area (Å²) in [7, 11) is 0. The van der Waals surface area contributed by atoms with Crippen molar-refractivity contribution >= 4 is 6.21 Å². The Labute approximate surface area is 80.5 Å². The molecule has 0 aromatic heterocycles. The summed E-state index contributed by atoms with van der Waals surface area (Å²) >= 11 is 0. The van der Waals surface area contributed by atoms with Gasteiger partial charge in [-0.2, -0.15) is 0 Å². The van der Waals surface area contributed by atoms with Gasteiger partial charge in [-0.15, -0.1) is 0 Å². The van der Waals surface area contributed by atoms with E-state index in [0.717, 1.165) is 13.1 Å². The highest BCUT2D eigenvalue weighted by atomic mass is 15.3. The van der Waals surface area contributed by atoms with E-state index in [4.69, 9.17) is 0 Å². The normalized spacial score (nSPS) is 15.1. The first-order valence-electron chi connectivity index (χ1n) is 5.07. The SMILES string of the molecule is CCCCN(CC)C1=CC=NCN1. The molecule has 0 saturated heterocycles. The number of hydrogen-bond acceptors (Lipinski definition) is 3. The average Bonchev–Trinajstić information content (AvgIpc) is 2.21. The number of aliphatic imine (C=N–C) groups is 1. The van der Waals surface area contributed by atoms with Crippen molar-refractivity contribution in [1.82, 2.24) is 10.2 Å². The quantitative estimate of drug-likeness (QED) is 0.697. The molecule has 1 aliphatic rings. The van der Waals surface area contributed by atoms with Crippen molar-refractivity contribution in [2.24, 2.45) is 4.99 Å². The molecule has 0 atom stereocenters. The van der Waals surface area contributed by atoms with Crippen LogP contribution in [-0.4, -0.2) is 30.9 Å². The Bertz CT molecular complexity index is 196. The molecule has 3 nitrogen and oxygen atoms in total. The largest absolute Gasteiger partial charge is 0.359 e. The molecule has 0 aromatic carbocycles. The van der Waals surface area contributed by atoms with Crippen LogP contribution in [0.5, 0.6) is 0 Å². The van der Waals surface area contributed by atoms with Gasteiger partial charge in [0.25, 0.3) is 0 Å². The molecule has 0 aromatic rings. The third-order valence-electron chi connectivity index (χ3n) is 2.19. The fraction of sp³-hybridized carbons (Fsp3) is 0.700. The van der Waals surface area contributed by atoms with Gasteiger partial charge in [-0.3, -0.25) is 4.99 Å². The van der Waals surface area contributed by atoms with Crippen LogP contribution in [0.2, 0.25) is 0 Å². The van der Waals surface area contributed by atoms with E-state index in [1.165, 1.54) is 18.7 Å². The number of unbranched alkanes of at least 4 members (excludes halogenated alkanes) is 1. The second-order valence-electron chi connectivity index (χ2n) is 3.15. The lowest BCUT2D eigenvalue weighted by atomic mass is 10.3. The van der Waals surface area contributed by atoms with Gasteiger partial charge < -0.3 is 10.2 Å². The van der Waals surface area contributed by atoms with Crippen LogP contribution in [-0.2, 0) is 0 Å². The zero-order valence-corrected chi connectivity index (χ0v) is 8.58. The van der Waals surface area contributed by atoms with Gasteiger partial charge >= 0.3 is 0 Å². The number of nitrogens with one attached hydrogen (secondary N) is 1. The maximum Gasteiger partial charge on any atom is 0.108 e. The van der Waals surface area contributed by atoms with Crippen molar-refractivity contribution < 1.29 is 0 Å². The Morgan fingerprint density at radius 3 is 2.92 bits per heavy atom. The fourth-order valence-corrected chi connectivity index (χ4v) is 1.38. The summed E-state index contributed by atoms with van der Waals surface area (Å²) in [4.78, 5) is 6.44. The monoisotopic (exact) mass is 181 g/mol. The number of allylic oxidation sites excluding steroid dienone is 1. The van der Waals surface area contributed by atoms with Gasteiger partial charge in [0, 0.05) is 19.3 Å². The Morgan fingerprint density at radius 2 is 2.38 bits per heavy atom. The predicted octanol–water partition coefficient (Wildman–Crippen LogP) is 1.58. The highest BCUT2D eigenvalue weighted by Crippen LogP contribution is 2.04. The maximum atomic E-state index is 4.09. The van der Waals surface area contributed by atoms with E-state index in [1.54, 1.807) is 0 Å². The smallest absolute Gasteiger partial charge is 0.108 e. The summed E-state index contributed by atoms with van der Waals surface area (Å²) in [6.45, 7) is 7.32. The molecule has 3 heteroatoms. The summed E-state index contributed by atoms with van der Waals surface area (Å²) in [6, 6.07) is 0. The predicted molar refractivity (Wildman–Crippen MR) is 56.7 cm³/mol. The van der Waals surface area contributed by atoms with Crippen molar-refractivity contribution in [2.45, 2.75) is 26.7 Å². The summed E-state index contributed by atoms with van der Waals surface area (Å²) < 4.78 is 0. The van der Waals surface area contributed by atoms with Crippen LogP contribution in [0, 0.1) is 0 Å². The van der Waals surface area contributed by atoms with E-state index in [2.05, 4.69) is 29.1 Å². The Kier molecular flexibility index (Phi) is 4.36. The van der Waals surface area contributed by atoms with Gasteiger partial charge in [0.15, 0.2) is 0 Å². The molecular formula is C10H19N3. The average molecular weight is 181 g/mol. The van der Waals surface area contributed by atoms with Crippen LogP contribution in [0.25, 0.3) is 0 Å². The summed E-state index contributed by atoms with van der Waals surface area (Å²) in [5, 5.41) is 3.27. The van der Waals surface area contributed by atoms with Gasteiger partial charge in [-0.05, 0) is 19.4 Å². The van der Waals surface area contributed by atoms with Crippen LogP contribution in [0.1, 0.15) is 26.7 Å². The molecule has 1 N–H and O–H groups in total. The first-order valence-corrected chi connectivity index (χ1v) is 5.07. The molecule has 0 saturated carbocycles. The zero-order valence-electron chi connectivity index (χ0n) is 8.58. The van der Waals surface area contributed by atoms with Gasteiger partial charge in [-0.1, -0.05) is 13.3 Å². The van der Waals surface area contributed by atoms with Crippen molar-refractivity contribution in [1.29, 1.82) is 0 Å². The van der Waals surface area contributed by atoms with Crippen molar-refractivity contribution in [3.8, 4) is 0 Å². The van der Waals surface area contributed by atoms with Crippen LogP contribution >= 0.6 is 0 Å². The van der Waals surface area contributed by atoms with Crippen LogP contribution in [0.15, 0.2) is 16.9 Å². The molecule has 0 radical (unpaired) electrons. The molecule has 0 spiro atoms. The minimum atomic E-state index is 0.717.